The summed E-state index contributed by atoms with van der Waals surface area (Å²) in [4.78, 5) is 27.1. The van der Waals surface area contributed by atoms with Crippen LogP contribution in [0.4, 0.5) is 0 Å². The number of benzene rings is 2. The van der Waals surface area contributed by atoms with Gasteiger partial charge in [-0.15, -0.1) is 0 Å². The van der Waals surface area contributed by atoms with Gasteiger partial charge in [-0.2, -0.15) is 0 Å². The third-order valence-corrected chi connectivity index (χ3v) is 7.46. The summed E-state index contributed by atoms with van der Waals surface area (Å²) in [6.07, 6.45) is 4.54. The number of rotatable bonds is 8. The number of aromatic hydroxyl groups is 1. The number of nitrogens with one attached hydrogen (secondary N) is 1. The summed E-state index contributed by atoms with van der Waals surface area (Å²) in [5.74, 6) is 0.495. The highest BCUT2D eigenvalue weighted by Crippen LogP contribution is 2.35. The van der Waals surface area contributed by atoms with Crippen LogP contribution in [0.5, 0.6) is 11.5 Å². The topological polar surface area (TPSA) is 99.1 Å². The number of phenolic OH excluding ortho intramolecular Hbond substituents is 1. The molecule has 3 N–H and O–H groups in total. The van der Waals surface area contributed by atoms with Crippen molar-refractivity contribution in [2.24, 2.45) is 5.92 Å². The van der Waals surface area contributed by atoms with Crippen molar-refractivity contribution in [3.8, 4) is 11.5 Å². The smallest absolute Gasteiger partial charge is 0.258 e. The minimum absolute atomic E-state index is 0.0904. The lowest BCUT2D eigenvalue weighted by Crippen LogP contribution is -2.43. The van der Waals surface area contributed by atoms with Crippen LogP contribution in [0, 0.1) is 5.92 Å². The average Bonchev–Trinajstić information content (AvgIpc) is 3.19. The second-order valence-corrected chi connectivity index (χ2v) is 10.3. The predicted molar refractivity (Wildman–Crippen MR) is 133 cm³/mol. The molecule has 4 rings (SSSR count). The Kier molecular flexibility index (Phi) is 7.87. The number of nitrogens with zero attached hydrogens (tertiary/aromatic N) is 1. The summed E-state index contributed by atoms with van der Waals surface area (Å²) in [5, 5.41) is 22.8. The molecule has 0 aromatic heterocycles. The molecule has 7 nitrogen and oxygen atoms in total. The Bertz CT molecular complexity index is 1050. The zero-order valence-electron chi connectivity index (χ0n) is 20.0. The first-order valence-corrected chi connectivity index (χ1v) is 12.6. The van der Waals surface area contributed by atoms with Crippen LogP contribution in [-0.4, -0.2) is 51.7 Å². The molecule has 1 atom stereocenters. The minimum Gasteiger partial charge on any atom is -0.508 e. The van der Waals surface area contributed by atoms with Crippen LogP contribution in [0.1, 0.15) is 50.2 Å². The SMILES string of the molecule is CC1(O)CCC(N2CCC(Cc3ccc(OCC(=O)NCc4ccc(O)cc4)cc3Cl)C2=O)CC1. The second kappa shape index (κ2) is 10.9. The van der Waals surface area contributed by atoms with Gasteiger partial charge in [-0.25, -0.2) is 0 Å². The summed E-state index contributed by atoms with van der Waals surface area (Å²) in [6, 6.07) is 12.2. The molecule has 2 aromatic carbocycles. The molecule has 0 bridgehead atoms. The third-order valence-electron chi connectivity index (χ3n) is 7.11. The molecule has 0 spiro atoms. The molecule has 8 heteroatoms. The van der Waals surface area contributed by atoms with Crippen molar-refractivity contribution in [3.63, 3.8) is 0 Å². The van der Waals surface area contributed by atoms with E-state index in [9.17, 15) is 19.8 Å². The van der Waals surface area contributed by atoms with E-state index in [0.717, 1.165) is 49.8 Å². The zero-order valence-corrected chi connectivity index (χ0v) is 20.8. The van der Waals surface area contributed by atoms with E-state index in [0.29, 0.717) is 23.7 Å². The van der Waals surface area contributed by atoms with E-state index >= 15 is 0 Å². The van der Waals surface area contributed by atoms with E-state index in [1.807, 2.05) is 17.9 Å². The fraction of sp³-hybridized carbons (Fsp3) is 0.481. The number of phenols is 1. The Morgan fingerprint density at radius 3 is 2.57 bits per heavy atom. The number of aliphatic hydroxyl groups is 1. The van der Waals surface area contributed by atoms with Crippen LogP contribution < -0.4 is 10.1 Å². The van der Waals surface area contributed by atoms with Crippen molar-refractivity contribution in [3.05, 3.63) is 58.6 Å². The van der Waals surface area contributed by atoms with Gasteiger partial charge in [0.15, 0.2) is 6.61 Å². The summed E-state index contributed by atoms with van der Waals surface area (Å²) in [7, 11) is 0. The van der Waals surface area contributed by atoms with Crippen LogP contribution in [0.3, 0.4) is 0 Å². The average molecular weight is 501 g/mol. The molecular formula is C27H33ClN2O5. The van der Waals surface area contributed by atoms with Gasteiger partial charge in [0.05, 0.1) is 5.60 Å². The first-order chi connectivity index (χ1) is 16.7. The molecule has 2 amide bonds. The third kappa shape index (κ3) is 6.67. The summed E-state index contributed by atoms with van der Waals surface area (Å²) >= 11 is 6.49. The molecule has 188 valence electrons. The maximum Gasteiger partial charge on any atom is 0.258 e. The maximum atomic E-state index is 13.0. The normalized spacial score (nSPS) is 24.4. The van der Waals surface area contributed by atoms with Crippen molar-refractivity contribution >= 4 is 23.4 Å². The van der Waals surface area contributed by atoms with Crippen molar-refractivity contribution in [1.29, 1.82) is 0 Å². The summed E-state index contributed by atoms with van der Waals surface area (Å²) in [6.45, 7) is 2.83. The Morgan fingerprint density at radius 2 is 1.89 bits per heavy atom. The maximum absolute atomic E-state index is 13.0. The molecule has 2 aliphatic rings. The lowest BCUT2D eigenvalue weighted by Gasteiger charge is -2.37. The summed E-state index contributed by atoms with van der Waals surface area (Å²) in [5.41, 5.74) is 1.16. The molecule has 2 fully saturated rings. The van der Waals surface area contributed by atoms with Crippen LogP contribution in [0.2, 0.25) is 5.02 Å². The molecule has 1 saturated carbocycles. The largest absolute Gasteiger partial charge is 0.508 e. The monoisotopic (exact) mass is 500 g/mol. The highest BCUT2D eigenvalue weighted by atomic mass is 35.5. The number of amides is 2. The van der Waals surface area contributed by atoms with Gasteiger partial charge >= 0.3 is 0 Å². The van der Waals surface area contributed by atoms with Crippen molar-refractivity contribution in [1.82, 2.24) is 10.2 Å². The Labute approximate surface area is 211 Å². The first kappa shape index (κ1) is 25.3. The molecular weight excluding hydrogens is 468 g/mol. The van der Waals surface area contributed by atoms with Gasteiger partial charge < -0.3 is 25.2 Å². The Balaban J connectivity index is 1.25. The molecule has 1 saturated heterocycles. The quantitative estimate of drug-likeness (QED) is 0.511. The molecule has 1 heterocycles. The Morgan fingerprint density at radius 1 is 1.17 bits per heavy atom. The number of carbonyl (C=O) groups excluding carboxylic acids is 2. The fourth-order valence-electron chi connectivity index (χ4n) is 4.91. The number of hydrogen-bond donors (Lipinski definition) is 3. The standard InChI is InChI=1S/C27H33ClN2O5/c1-27(34)11-8-21(9-12-27)30-13-10-20(26(30)33)14-19-4-7-23(15-24(19)28)35-17-25(32)29-16-18-2-5-22(31)6-3-18/h2-7,15,20-21,31,34H,8-14,16-17H2,1H3,(H,29,32). The highest BCUT2D eigenvalue weighted by Gasteiger charge is 2.39. The Hall–Kier alpha value is -2.77. The van der Waals surface area contributed by atoms with Gasteiger partial charge in [-0.1, -0.05) is 29.8 Å². The number of carbonyl (C=O) groups is 2. The van der Waals surface area contributed by atoms with E-state index in [4.69, 9.17) is 16.3 Å². The van der Waals surface area contributed by atoms with Gasteiger partial charge in [-0.05, 0) is 80.8 Å². The molecule has 1 unspecified atom stereocenters. The number of likely N-dealkylation sites (tertiary alicyclic amines) is 1. The van der Waals surface area contributed by atoms with Crippen LogP contribution in [0.25, 0.3) is 0 Å². The van der Waals surface area contributed by atoms with Gasteiger partial charge in [-0.3, -0.25) is 9.59 Å². The van der Waals surface area contributed by atoms with Gasteiger partial charge in [0.2, 0.25) is 5.91 Å². The van der Waals surface area contributed by atoms with Gasteiger partial charge in [0.1, 0.15) is 11.5 Å². The van der Waals surface area contributed by atoms with E-state index < -0.39 is 5.60 Å². The molecule has 35 heavy (non-hydrogen) atoms. The van der Waals surface area contributed by atoms with E-state index in [-0.39, 0.29) is 36.1 Å². The highest BCUT2D eigenvalue weighted by molar-refractivity contribution is 6.31. The number of halogens is 1. The van der Waals surface area contributed by atoms with E-state index in [2.05, 4.69) is 5.32 Å². The lowest BCUT2D eigenvalue weighted by molar-refractivity contribution is -0.134. The molecule has 1 aliphatic carbocycles. The summed E-state index contributed by atoms with van der Waals surface area (Å²) < 4.78 is 5.58. The second-order valence-electron chi connectivity index (χ2n) is 9.93. The van der Waals surface area contributed by atoms with Crippen molar-refractivity contribution in [2.45, 2.75) is 63.6 Å². The zero-order chi connectivity index (χ0) is 25.0. The van der Waals surface area contributed by atoms with Crippen molar-refractivity contribution in [2.75, 3.05) is 13.2 Å². The molecule has 0 radical (unpaired) electrons. The van der Waals surface area contributed by atoms with E-state index in [1.165, 1.54) is 0 Å². The molecule has 1 aliphatic heterocycles. The minimum atomic E-state index is -0.608. The predicted octanol–water partition coefficient (Wildman–Crippen LogP) is 3.83. The van der Waals surface area contributed by atoms with E-state index in [1.54, 1.807) is 36.4 Å². The fourth-order valence-corrected chi connectivity index (χ4v) is 5.16. The molecule has 2 aromatic rings. The van der Waals surface area contributed by atoms with Crippen LogP contribution in [0.15, 0.2) is 42.5 Å². The van der Waals surface area contributed by atoms with Gasteiger partial charge in [0.25, 0.3) is 5.91 Å². The number of ether oxygens (including phenoxy) is 1. The lowest BCUT2D eigenvalue weighted by atomic mass is 9.83. The number of hydrogen-bond acceptors (Lipinski definition) is 5. The first-order valence-electron chi connectivity index (χ1n) is 12.2. The van der Waals surface area contributed by atoms with Crippen LogP contribution in [-0.2, 0) is 22.6 Å². The van der Waals surface area contributed by atoms with Gasteiger partial charge in [0, 0.05) is 30.1 Å². The van der Waals surface area contributed by atoms with Crippen LogP contribution >= 0.6 is 11.6 Å². The van der Waals surface area contributed by atoms with Crippen molar-refractivity contribution < 1.29 is 24.5 Å².